The summed E-state index contributed by atoms with van der Waals surface area (Å²) in [6.07, 6.45) is 0. The largest absolute Gasteiger partial charge is 0.383 e. The van der Waals surface area contributed by atoms with Gasteiger partial charge in [-0.2, -0.15) is 0 Å². The minimum absolute atomic E-state index is 0. The van der Waals surface area contributed by atoms with E-state index in [0.29, 0.717) is 11.6 Å². The van der Waals surface area contributed by atoms with Crippen molar-refractivity contribution in [1.29, 1.82) is 0 Å². The van der Waals surface area contributed by atoms with E-state index < -0.39 is 0 Å². The lowest BCUT2D eigenvalue weighted by Gasteiger charge is -2.00. The standard InChI is InChI=1S/C11H9N3.H4Si/c1-2-5-10-13-9-7-4-3-6-8(9)11(12)14-10;/h3-4,6-7H,1H3,(H2,12,13,14);1H4. The molecule has 1 heterocycles. The monoisotopic (exact) mass is 215 g/mol. The molecule has 15 heavy (non-hydrogen) atoms. The number of para-hydroxylation sites is 1. The summed E-state index contributed by atoms with van der Waals surface area (Å²) in [5.41, 5.74) is 6.60. The summed E-state index contributed by atoms with van der Waals surface area (Å²) in [7, 11) is 0. The topological polar surface area (TPSA) is 51.8 Å². The molecular weight excluding hydrogens is 202 g/mol. The number of hydrogen-bond acceptors (Lipinski definition) is 3. The van der Waals surface area contributed by atoms with Gasteiger partial charge in [-0.25, -0.2) is 9.97 Å². The Morgan fingerprint density at radius 3 is 2.67 bits per heavy atom. The van der Waals surface area contributed by atoms with Crippen LogP contribution in [0, 0.1) is 11.8 Å². The number of hydrogen-bond donors (Lipinski definition) is 1. The number of benzene rings is 1. The van der Waals surface area contributed by atoms with Crippen LogP contribution in [-0.4, -0.2) is 20.9 Å². The fourth-order valence-corrected chi connectivity index (χ4v) is 1.27. The first kappa shape index (κ1) is 11.2. The van der Waals surface area contributed by atoms with Gasteiger partial charge in [-0.3, -0.25) is 0 Å². The third-order valence-electron chi connectivity index (χ3n) is 1.87. The van der Waals surface area contributed by atoms with Gasteiger partial charge < -0.3 is 5.73 Å². The Labute approximate surface area is 92.8 Å². The summed E-state index contributed by atoms with van der Waals surface area (Å²) in [4.78, 5) is 8.35. The Kier molecular flexibility index (Phi) is 3.42. The van der Waals surface area contributed by atoms with Gasteiger partial charge in [-0.05, 0) is 35.9 Å². The van der Waals surface area contributed by atoms with E-state index in [-0.39, 0.29) is 11.0 Å². The number of rotatable bonds is 0. The Morgan fingerprint density at radius 1 is 1.20 bits per heavy atom. The zero-order chi connectivity index (χ0) is 9.97. The Morgan fingerprint density at radius 2 is 1.93 bits per heavy atom. The van der Waals surface area contributed by atoms with Gasteiger partial charge in [-0.15, -0.1) is 0 Å². The minimum atomic E-state index is 0. The molecule has 0 amide bonds. The fourth-order valence-electron chi connectivity index (χ4n) is 1.27. The average molecular weight is 215 g/mol. The molecule has 1 aromatic carbocycles. The van der Waals surface area contributed by atoms with Crippen LogP contribution in [0.3, 0.4) is 0 Å². The van der Waals surface area contributed by atoms with Crippen molar-refractivity contribution < 1.29 is 0 Å². The van der Waals surface area contributed by atoms with Crippen LogP contribution >= 0.6 is 0 Å². The van der Waals surface area contributed by atoms with Crippen LogP contribution in [0.5, 0.6) is 0 Å². The van der Waals surface area contributed by atoms with Crippen LogP contribution in [0.4, 0.5) is 5.82 Å². The molecule has 0 aliphatic rings. The third kappa shape index (κ3) is 2.14. The average Bonchev–Trinajstić information content (AvgIpc) is 2.18. The van der Waals surface area contributed by atoms with Crippen LogP contribution in [0.15, 0.2) is 24.3 Å². The zero-order valence-corrected chi connectivity index (χ0v) is 7.78. The summed E-state index contributed by atoms with van der Waals surface area (Å²) in [5, 5.41) is 0.870. The molecule has 0 aliphatic carbocycles. The second-order valence-electron chi connectivity index (χ2n) is 2.82. The van der Waals surface area contributed by atoms with E-state index in [1.165, 1.54) is 0 Å². The molecule has 0 spiro atoms. The lowest BCUT2D eigenvalue weighted by Crippen LogP contribution is -1.97. The zero-order valence-electron chi connectivity index (χ0n) is 7.78. The molecule has 0 unspecified atom stereocenters. The van der Waals surface area contributed by atoms with Crippen molar-refractivity contribution >= 4 is 27.7 Å². The summed E-state index contributed by atoms with van der Waals surface area (Å²) < 4.78 is 0. The van der Waals surface area contributed by atoms with Crippen LogP contribution in [-0.2, 0) is 0 Å². The first-order valence-electron chi connectivity index (χ1n) is 4.26. The highest BCUT2D eigenvalue weighted by atomic mass is 28.1. The van der Waals surface area contributed by atoms with Crippen LogP contribution < -0.4 is 5.73 Å². The van der Waals surface area contributed by atoms with Crippen molar-refractivity contribution in [1.82, 2.24) is 9.97 Å². The van der Waals surface area contributed by atoms with Crippen molar-refractivity contribution in [2.45, 2.75) is 6.92 Å². The first-order valence-corrected chi connectivity index (χ1v) is 4.26. The van der Waals surface area contributed by atoms with Crippen molar-refractivity contribution in [2.75, 3.05) is 5.73 Å². The van der Waals surface area contributed by atoms with E-state index >= 15 is 0 Å². The van der Waals surface area contributed by atoms with E-state index in [1.807, 2.05) is 24.3 Å². The number of fused-ring (bicyclic) bond motifs is 1. The van der Waals surface area contributed by atoms with Gasteiger partial charge in [-0.1, -0.05) is 18.1 Å². The number of anilines is 1. The fraction of sp³-hybridized carbons (Fsp3) is 0.0909. The first-order chi connectivity index (χ1) is 6.81. The van der Waals surface area contributed by atoms with Crippen LogP contribution in [0.2, 0.25) is 0 Å². The minimum Gasteiger partial charge on any atom is -0.383 e. The maximum Gasteiger partial charge on any atom is 0.207 e. The second kappa shape index (κ2) is 4.58. The number of nitrogen functional groups attached to an aromatic ring is 1. The highest BCUT2D eigenvalue weighted by Crippen LogP contribution is 2.16. The Balaban J connectivity index is 0.00000112. The van der Waals surface area contributed by atoms with Gasteiger partial charge in [0, 0.05) is 5.39 Å². The summed E-state index contributed by atoms with van der Waals surface area (Å²) in [5.74, 6) is 6.49. The molecule has 0 bridgehead atoms. The summed E-state index contributed by atoms with van der Waals surface area (Å²) in [6.45, 7) is 1.74. The third-order valence-corrected chi connectivity index (χ3v) is 1.87. The number of nitrogens with two attached hydrogens (primary N) is 1. The molecule has 0 saturated carbocycles. The normalized spacial score (nSPS) is 8.87. The highest BCUT2D eigenvalue weighted by Gasteiger charge is 2.01. The molecule has 0 radical (unpaired) electrons. The lowest BCUT2D eigenvalue weighted by atomic mass is 10.2. The van der Waals surface area contributed by atoms with E-state index in [4.69, 9.17) is 5.73 Å². The van der Waals surface area contributed by atoms with Crippen molar-refractivity contribution in [3.8, 4) is 11.8 Å². The van der Waals surface area contributed by atoms with E-state index in [9.17, 15) is 0 Å². The number of aromatic nitrogens is 2. The van der Waals surface area contributed by atoms with E-state index in [2.05, 4.69) is 21.8 Å². The van der Waals surface area contributed by atoms with E-state index in [1.54, 1.807) is 6.92 Å². The smallest absolute Gasteiger partial charge is 0.207 e. The molecule has 0 saturated heterocycles. The molecule has 0 atom stereocenters. The van der Waals surface area contributed by atoms with E-state index in [0.717, 1.165) is 10.9 Å². The van der Waals surface area contributed by atoms with Gasteiger partial charge >= 0.3 is 0 Å². The van der Waals surface area contributed by atoms with Gasteiger partial charge in [0.1, 0.15) is 5.82 Å². The SMILES string of the molecule is CC#Cc1nc(N)c2ccccc2n1.[SiH4]. The predicted molar refractivity (Wildman–Crippen MR) is 67.8 cm³/mol. The lowest BCUT2D eigenvalue weighted by molar-refractivity contribution is 1.18. The van der Waals surface area contributed by atoms with Gasteiger partial charge in [0.15, 0.2) is 0 Å². The van der Waals surface area contributed by atoms with Crippen molar-refractivity contribution in [3.63, 3.8) is 0 Å². The van der Waals surface area contributed by atoms with Crippen LogP contribution in [0.25, 0.3) is 10.9 Å². The molecule has 3 nitrogen and oxygen atoms in total. The summed E-state index contributed by atoms with van der Waals surface area (Å²) in [6, 6.07) is 7.62. The van der Waals surface area contributed by atoms with Gasteiger partial charge in [0.2, 0.25) is 5.82 Å². The molecule has 2 aromatic rings. The second-order valence-corrected chi connectivity index (χ2v) is 2.82. The van der Waals surface area contributed by atoms with Gasteiger partial charge in [0.25, 0.3) is 0 Å². The molecule has 76 valence electrons. The molecule has 0 aliphatic heterocycles. The Bertz CT molecular complexity index is 540. The van der Waals surface area contributed by atoms with Crippen LogP contribution in [0.1, 0.15) is 12.7 Å². The molecule has 2 rings (SSSR count). The maximum atomic E-state index is 5.77. The predicted octanol–water partition coefficient (Wildman–Crippen LogP) is 0.132. The molecule has 4 heteroatoms. The maximum absolute atomic E-state index is 5.77. The van der Waals surface area contributed by atoms with Crippen molar-refractivity contribution in [3.05, 3.63) is 30.1 Å². The number of nitrogens with zero attached hydrogens (tertiary/aromatic N) is 2. The molecule has 1 aromatic heterocycles. The molecular formula is C11H13N3Si. The Hall–Kier alpha value is -1.86. The summed E-state index contributed by atoms with van der Waals surface area (Å²) >= 11 is 0. The quantitative estimate of drug-likeness (QED) is 0.502. The molecule has 2 N–H and O–H groups in total. The highest BCUT2D eigenvalue weighted by molar-refractivity contribution is 5.88. The van der Waals surface area contributed by atoms with Crippen molar-refractivity contribution in [2.24, 2.45) is 0 Å². The van der Waals surface area contributed by atoms with Gasteiger partial charge in [0.05, 0.1) is 5.52 Å². The molecule has 0 fully saturated rings.